The first-order chi connectivity index (χ1) is 10.2. The molecule has 1 unspecified atom stereocenters. The first-order valence-corrected chi connectivity index (χ1v) is 8.01. The van der Waals surface area contributed by atoms with Crippen LogP contribution in [0.2, 0.25) is 0 Å². The van der Waals surface area contributed by atoms with E-state index >= 15 is 0 Å². The highest BCUT2D eigenvalue weighted by Gasteiger charge is 2.29. The Bertz CT molecular complexity index is 727. The highest BCUT2D eigenvalue weighted by Crippen LogP contribution is 2.28. The standard InChI is InChI=1S/C13H17N3O5S/c1-7(2)11(12(17)18)15-13-14-9-5-4-8(21-3)6-10(9)22(19,20)16-13/h4-7,11H,1-3H3,(H,17,18)(H2,14,15,16). The van der Waals surface area contributed by atoms with Gasteiger partial charge in [0.05, 0.1) is 12.8 Å². The first-order valence-electron chi connectivity index (χ1n) is 6.53. The highest BCUT2D eigenvalue weighted by molar-refractivity contribution is 7.90. The van der Waals surface area contributed by atoms with Gasteiger partial charge in [-0.3, -0.25) is 0 Å². The number of carboxylic acids is 1. The first kappa shape index (κ1) is 16.1. The molecule has 0 saturated carbocycles. The van der Waals surface area contributed by atoms with E-state index in [1.807, 2.05) is 0 Å². The number of hydrogen-bond acceptors (Lipinski definition) is 5. The van der Waals surface area contributed by atoms with Crippen molar-refractivity contribution in [3.05, 3.63) is 18.2 Å². The van der Waals surface area contributed by atoms with Crippen LogP contribution in [-0.4, -0.2) is 38.6 Å². The molecule has 0 bridgehead atoms. The molecule has 9 heteroatoms. The molecule has 0 fully saturated rings. The van der Waals surface area contributed by atoms with Gasteiger partial charge in [-0.2, -0.15) is 0 Å². The number of aliphatic imine (C=N–C) groups is 1. The number of methoxy groups -OCH3 is 1. The normalized spacial score (nSPS) is 19.0. The molecule has 0 aromatic heterocycles. The molecule has 2 rings (SSSR count). The Labute approximate surface area is 128 Å². The number of aliphatic carboxylic acids is 1. The van der Waals surface area contributed by atoms with Crippen LogP contribution < -0.4 is 14.8 Å². The van der Waals surface area contributed by atoms with Gasteiger partial charge in [-0.15, -0.1) is 0 Å². The van der Waals surface area contributed by atoms with E-state index in [0.29, 0.717) is 11.4 Å². The summed E-state index contributed by atoms with van der Waals surface area (Å²) in [7, 11) is -2.40. The van der Waals surface area contributed by atoms with Gasteiger partial charge in [-0.05, 0) is 18.1 Å². The molecule has 120 valence electrons. The maximum atomic E-state index is 12.2. The fraction of sp³-hybridized carbons (Fsp3) is 0.385. The molecule has 22 heavy (non-hydrogen) atoms. The molecule has 0 aliphatic carbocycles. The fourth-order valence-corrected chi connectivity index (χ4v) is 3.13. The zero-order valence-corrected chi connectivity index (χ0v) is 13.1. The highest BCUT2D eigenvalue weighted by atomic mass is 32.2. The second kappa shape index (κ2) is 5.84. The number of carbonyl (C=O) groups is 1. The summed E-state index contributed by atoms with van der Waals surface area (Å²) in [6.45, 7) is 3.39. The molecule has 0 spiro atoms. The Morgan fingerprint density at radius 1 is 1.36 bits per heavy atom. The van der Waals surface area contributed by atoms with Crippen molar-refractivity contribution in [1.82, 2.24) is 4.72 Å². The Balaban J connectivity index is 2.44. The largest absolute Gasteiger partial charge is 0.497 e. The molecular weight excluding hydrogens is 310 g/mol. The van der Waals surface area contributed by atoms with Crippen molar-refractivity contribution in [2.75, 3.05) is 12.4 Å². The number of carboxylic acid groups (broad SMARTS) is 1. The average Bonchev–Trinajstić information content (AvgIpc) is 2.43. The third-order valence-corrected chi connectivity index (χ3v) is 4.49. The summed E-state index contributed by atoms with van der Waals surface area (Å²) in [5.41, 5.74) is 0.311. The van der Waals surface area contributed by atoms with Gasteiger partial charge in [0.2, 0.25) is 5.96 Å². The van der Waals surface area contributed by atoms with Crippen LogP contribution in [0.4, 0.5) is 5.69 Å². The minimum atomic E-state index is -3.84. The van der Waals surface area contributed by atoms with Crippen molar-refractivity contribution in [1.29, 1.82) is 0 Å². The average molecular weight is 327 g/mol. The Kier molecular flexibility index (Phi) is 4.27. The van der Waals surface area contributed by atoms with E-state index in [4.69, 9.17) is 9.84 Å². The summed E-state index contributed by atoms with van der Waals surface area (Å²) in [6.07, 6.45) is 0. The molecule has 0 amide bonds. The maximum Gasteiger partial charge on any atom is 0.328 e. The summed E-state index contributed by atoms with van der Waals surface area (Å²) in [4.78, 5) is 15.1. The smallest absolute Gasteiger partial charge is 0.328 e. The van der Waals surface area contributed by atoms with E-state index in [0.717, 1.165) is 0 Å². The number of rotatable bonds is 4. The van der Waals surface area contributed by atoms with Crippen LogP contribution in [-0.2, 0) is 14.8 Å². The van der Waals surface area contributed by atoms with Crippen molar-refractivity contribution in [3.8, 4) is 5.75 Å². The van der Waals surface area contributed by atoms with Crippen molar-refractivity contribution in [2.24, 2.45) is 10.9 Å². The fourth-order valence-electron chi connectivity index (χ4n) is 1.98. The third kappa shape index (κ3) is 3.14. The lowest BCUT2D eigenvalue weighted by molar-refractivity contribution is -0.139. The predicted molar refractivity (Wildman–Crippen MR) is 80.6 cm³/mol. The number of sulfonamides is 1. The van der Waals surface area contributed by atoms with Crippen LogP contribution in [0.5, 0.6) is 5.75 Å². The number of ether oxygens (including phenoxy) is 1. The molecule has 1 aromatic rings. The van der Waals surface area contributed by atoms with E-state index in [-0.39, 0.29) is 16.8 Å². The lowest BCUT2D eigenvalue weighted by Crippen LogP contribution is -2.42. The minimum Gasteiger partial charge on any atom is -0.497 e. The summed E-state index contributed by atoms with van der Waals surface area (Å²) >= 11 is 0. The number of benzene rings is 1. The zero-order valence-electron chi connectivity index (χ0n) is 12.3. The van der Waals surface area contributed by atoms with E-state index in [1.54, 1.807) is 19.9 Å². The van der Waals surface area contributed by atoms with E-state index < -0.39 is 22.0 Å². The number of nitrogens with zero attached hydrogens (tertiary/aromatic N) is 1. The van der Waals surface area contributed by atoms with Gasteiger partial charge in [0, 0.05) is 6.07 Å². The minimum absolute atomic E-state index is 0.0159. The topological polar surface area (TPSA) is 117 Å². The quantitative estimate of drug-likeness (QED) is 0.755. The maximum absolute atomic E-state index is 12.2. The van der Waals surface area contributed by atoms with Crippen LogP contribution in [0, 0.1) is 5.92 Å². The molecule has 1 atom stereocenters. The monoisotopic (exact) mass is 327 g/mol. The van der Waals surface area contributed by atoms with E-state index in [2.05, 4.69) is 15.0 Å². The summed E-state index contributed by atoms with van der Waals surface area (Å²) in [5, 5.41) is 11.9. The SMILES string of the molecule is COc1ccc2c(c1)S(=O)(=O)NC(=NC(C(=O)O)C(C)C)N2. The molecule has 1 aromatic carbocycles. The van der Waals surface area contributed by atoms with Crippen LogP contribution in [0.1, 0.15) is 13.8 Å². The molecule has 0 radical (unpaired) electrons. The second-order valence-corrected chi connectivity index (χ2v) is 6.75. The molecular formula is C13H17N3O5S. The van der Waals surface area contributed by atoms with Gasteiger partial charge in [0.15, 0.2) is 6.04 Å². The number of anilines is 1. The summed E-state index contributed by atoms with van der Waals surface area (Å²) in [5.74, 6) is -1.12. The van der Waals surface area contributed by atoms with Crippen molar-refractivity contribution in [2.45, 2.75) is 24.8 Å². The summed E-state index contributed by atoms with van der Waals surface area (Å²) < 4.78 is 31.7. The second-order valence-electron chi connectivity index (χ2n) is 5.10. The molecule has 0 saturated heterocycles. The molecule has 1 aliphatic heterocycles. The van der Waals surface area contributed by atoms with Crippen molar-refractivity contribution in [3.63, 3.8) is 0 Å². The lowest BCUT2D eigenvalue weighted by Gasteiger charge is -2.23. The number of guanidine groups is 1. The van der Waals surface area contributed by atoms with Crippen LogP contribution in [0.3, 0.4) is 0 Å². The van der Waals surface area contributed by atoms with Gasteiger partial charge < -0.3 is 15.2 Å². The lowest BCUT2D eigenvalue weighted by atomic mass is 10.1. The van der Waals surface area contributed by atoms with Gasteiger partial charge in [-0.25, -0.2) is 22.9 Å². The Morgan fingerprint density at radius 2 is 2.05 bits per heavy atom. The summed E-state index contributed by atoms with van der Waals surface area (Å²) in [6, 6.07) is 3.46. The molecule has 1 heterocycles. The van der Waals surface area contributed by atoms with Crippen LogP contribution >= 0.6 is 0 Å². The van der Waals surface area contributed by atoms with Gasteiger partial charge in [0.1, 0.15) is 10.6 Å². The molecule has 8 nitrogen and oxygen atoms in total. The van der Waals surface area contributed by atoms with Crippen molar-refractivity contribution < 1.29 is 23.1 Å². The van der Waals surface area contributed by atoms with Crippen LogP contribution in [0.15, 0.2) is 28.1 Å². The third-order valence-electron chi connectivity index (χ3n) is 3.12. The van der Waals surface area contributed by atoms with E-state index in [9.17, 15) is 13.2 Å². The molecule has 1 aliphatic rings. The zero-order chi connectivity index (χ0) is 16.5. The molecule has 3 N–H and O–H groups in total. The van der Waals surface area contributed by atoms with Gasteiger partial charge in [-0.1, -0.05) is 13.8 Å². The predicted octanol–water partition coefficient (Wildman–Crippen LogP) is 0.864. The number of fused-ring (bicyclic) bond motifs is 1. The van der Waals surface area contributed by atoms with E-state index in [1.165, 1.54) is 19.2 Å². The van der Waals surface area contributed by atoms with Gasteiger partial charge in [0.25, 0.3) is 10.0 Å². The number of nitrogens with one attached hydrogen (secondary N) is 2. The Morgan fingerprint density at radius 3 is 2.59 bits per heavy atom. The number of hydrogen-bond donors (Lipinski definition) is 3. The Hall–Kier alpha value is -2.29. The van der Waals surface area contributed by atoms with Crippen LogP contribution in [0.25, 0.3) is 0 Å². The van der Waals surface area contributed by atoms with Crippen molar-refractivity contribution >= 4 is 27.6 Å². The van der Waals surface area contributed by atoms with Gasteiger partial charge >= 0.3 is 5.97 Å².